The van der Waals surface area contributed by atoms with E-state index in [4.69, 9.17) is 0 Å². The summed E-state index contributed by atoms with van der Waals surface area (Å²) >= 11 is 1.25. The van der Waals surface area contributed by atoms with Crippen molar-refractivity contribution in [2.75, 3.05) is 11.9 Å². The van der Waals surface area contributed by atoms with Gasteiger partial charge in [-0.1, -0.05) is 23.5 Å². The van der Waals surface area contributed by atoms with Crippen molar-refractivity contribution >= 4 is 28.4 Å². The van der Waals surface area contributed by atoms with E-state index in [2.05, 4.69) is 26.1 Å². The monoisotopic (exact) mass is 323 g/mol. The lowest BCUT2D eigenvalue weighted by molar-refractivity contribution is -0.115. The number of nitrogens with one attached hydrogen (secondary N) is 3. The number of benzene rings is 1. The number of aryl methyl sites for hydroxylation is 1. The molecule has 0 unspecified atom stereocenters. The minimum absolute atomic E-state index is 0.187. The highest BCUT2D eigenvalue weighted by Gasteiger charge is 2.08. The second kappa shape index (κ2) is 7.46. The molecule has 0 aliphatic carbocycles. The number of amides is 3. The number of rotatable bonds is 5. The van der Waals surface area contributed by atoms with Gasteiger partial charge >= 0.3 is 6.03 Å². The molecule has 0 atom stereocenters. The van der Waals surface area contributed by atoms with E-state index in [-0.39, 0.29) is 18.9 Å². The summed E-state index contributed by atoms with van der Waals surface area (Å²) in [5.74, 6) is -0.732. The van der Waals surface area contributed by atoms with Crippen molar-refractivity contribution in [2.45, 2.75) is 13.5 Å². The molecule has 0 radical (unpaired) electrons. The average molecular weight is 323 g/mol. The number of hydrogen-bond acceptors (Lipinski definition) is 5. The van der Waals surface area contributed by atoms with E-state index in [9.17, 15) is 14.0 Å². The quantitative estimate of drug-likeness (QED) is 0.775. The van der Waals surface area contributed by atoms with E-state index in [0.717, 1.165) is 10.6 Å². The number of hydrogen-bond donors (Lipinski definition) is 3. The maximum absolute atomic E-state index is 12.7. The van der Waals surface area contributed by atoms with Crippen molar-refractivity contribution in [1.82, 2.24) is 20.8 Å². The zero-order valence-corrected chi connectivity index (χ0v) is 12.5. The summed E-state index contributed by atoms with van der Waals surface area (Å²) in [7, 11) is 0. The highest BCUT2D eigenvalue weighted by molar-refractivity contribution is 7.15. The van der Waals surface area contributed by atoms with Crippen LogP contribution in [0.4, 0.5) is 14.3 Å². The van der Waals surface area contributed by atoms with Gasteiger partial charge in [0, 0.05) is 6.54 Å². The summed E-state index contributed by atoms with van der Waals surface area (Å²) in [6.07, 6.45) is 0. The molecule has 0 aliphatic rings. The van der Waals surface area contributed by atoms with Crippen LogP contribution < -0.4 is 16.0 Å². The number of urea groups is 1. The van der Waals surface area contributed by atoms with E-state index in [1.54, 1.807) is 19.1 Å². The third-order valence-corrected chi connectivity index (χ3v) is 3.30. The molecular formula is C13H14FN5O2S. The van der Waals surface area contributed by atoms with Crippen LogP contribution in [-0.4, -0.2) is 28.7 Å². The van der Waals surface area contributed by atoms with Crippen molar-refractivity contribution in [3.63, 3.8) is 0 Å². The number of halogens is 1. The van der Waals surface area contributed by atoms with Crippen LogP contribution in [0.25, 0.3) is 0 Å². The first kappa shape index (κ1) is 15.8. The molecule has 3 N–H and O–H groups in total. The first-order valence-corrected chi connectivity index (χ1v) is 7.20. The number of carbonyl (C=O) groups is 2. The Bertz CT molecular complexity index is 659. The molecule has 7 nitrogen and oxygen atoms in total. The first-order chi connectivity index (χ1) is 10.5. The number of aromatic nitrogens is 2. The molecule has 2 aromatic rings. The van der Waals surface area contributed by atoms with Crippen LogP contribution in [0, 0.1) is 12.7 Å². The van der Waals surface area contributed by atoms with E-state index in [1.165, 1.54) is 23.5 Å². The predicted molar refractivity (Wildman–Crippen MR) is 79.9 cm³/mol. The SMILES string of the molecule is Cc1nnc(NC(=O)CNC(=O)NCc2ccc(F)cc2)s1. The van der Waals surface area contributed by atoms with Gasteiger partial charge in [0.25, 0.3) is 0 Å². The van der Waals surface area contributed by atoms with Gasteiger partial charge in [-0.05, 0) is 24.6 Å². The van der Waals surface area contributed by atoms with E-state index < -0.39 is 11.9 Å². The van der Waals surface area contributed by atoms with Gasteiger partial charge in [-0.3, -0.25) is 10.1 Å². The highest BCUT2D eigenvalue weighted by atomic mass is 32.1. The fourth-order valence-corrected chi connectivity index (χ4v) is 2.13. The third kappa shape index (κ3) is 5.09. The molecule has 0 saturated carbocycles. The lowest BCUT2D eigenvalue weighted by atomic mass is 10.2. The van der Waals surface area contributed by atoms with E-state index >= 15 is 0 Å². The first-order valence-electron chi connectivity index (χ1n) is 6.39. The fourth-order valence-electron chi connectivity index (χ4n) is 1.52. The molecule has 0 aliphatic heterocycles. The molecule has 0 fully saturated rings. The van der Waals surface area contributed by atoms with E-state index in [0.29, 0.717) is 5.13 Å². The van der Waals surface area contributed by atoms with Crippen LogP contribution in [0.5, 0.6) is 0 Å². The van der Waals surface area contributed by atoms with Crippen LogP contribution in [0.1, 0.15) is 10.6 Å². The Morgan fingerprint density at radius 1 is 1.18 bits per heavy atom. The van der Waals surface area contributed by atoms with Gasteiger partial charge < -0.3 is 10.6 Å². The van der Waals surface area contributed by atoms with Gasteiger partial charge in [-0.2, -0.15) is 0 Å². The summed E-state index contributed by atoms with van der Waals surface area (Å²) in [6.45, 7) is 1.83. The van der Waals surface area contributed by atoms with Crippen LogP contribution in [0.15, 0.2) is 24.3 Å². The third-order valence-electron chi connectivity index (χ3n) is 2.55. The number of anilines is 1. The minimum Gasteiger partial charge on any atom is -0.334 e. The van der Waals surface area contributed by atoms with Gasteiger partial charge in [0.2, 0.25) is 11.0 Å². The second-order valence-corrected chi connectivity index (χ2v) is 5.52. The Kier molecular flexibility index (Phi) is 5.37. The number of nitrogens with zero attached hydrogens (tertiary/aromatic N) is 2. The predicted octanol–water partition coefficient (Wildman–Crippen LogP) is 1.42. The van der Waals surface area contributed by atoms with Crippen molar-refractivity contribution in [3.8, 4) is 0 Å². The lowest BCUT2D eigenvalue weighted by Gasteiger charge is -2.07. The largest absolute Gasteiger partial charge is 0.334 e. The Morgan fingerprint density at radius 3 is 2.55 bits per heavy atom. The molecule has 0 saturated heterocycles. The van der Waals surface area contributed by atoms with Gasteiger partial charge in [-0.25, -0.2) is 9.18 Å². The van der Waals surface area contributed by atoms with Crippen molar-refractivity contribution in [3.05, 3.63) is 40.7 Å². The molecule has 1 heterocycles. The number of carbonyl (C=O) groups excluding carboxylic acids is 2. The second-order valence-electron chi connectivity index (χ2n) is 4.34. The zero-order chi connectivity index (χ0) is 15.9. The van der Waals surface area contributed by atoms with Crippen LogP contribution in [-0.2, 0) is 11.3 Å². The van der Waals surface area contributed by atoms with Crippen molar-refractivity contribution in [1.29, 1.82) is 0 Å². The van der Waals surface area contributed by atoms with Crippen molar-refractivity contribution in [2.24, 2.45) is 0 Å². The molecule has 0 spiro atoms. The maximum Gasteiger partial charge on any atom is 0.315 e. The normalized spacial score (nSPS) is 10.1. The molecular weight excluding hydrogens is 309 g/mol. The topological polar surface area (TPSA) is 96.0 Å². The molecule has 2 rings (SSSR count). The summed E-state index contributed by atoms with van der Waals surface area (Å²) in [5.41, 5.74) is 0.755. The van der Waals surface area contributed by atoms with Gasteiger partial charge in [0.1, 0.15) is 10.8 Å². The average Bonchev–Trinajstić information content (AvgIpc) is 2.89. The Hall–Kier alpha value is -2.55. The van der Waals surface area contributed by atoms with Crippen LogP contribution in [0.2, 0.25) is 0 Å². The Labute approximate surface area is 129 Å². The van der Waals surface area contributed by atoms with Gasteiger partial charge in [0.15, 0.2) is 0 Å². The summed E-state index contributed by atoms with van der Waals surface area (Å²) < 4.78 is 12.7. The van der Waals surface area contributed by atoms with Gasteiger partial charge in [-0.15, -0.1) is 10.2 Å². The summed E-state index contributed by atoms with van der Waals surface area (Å²) in [6, 6.07) is 5.27. The summed E-state index contributed by atoms with van der Waals surface area (Å²) in [5, 5.41) is 16.1. The molecule has 116 valence electrons. The minimum atomic E-state index is -0.493. The fraction of sp³-hybridized carbons (Fsp3) is 0.231. The Balaban J connectivity index is 1.68. The maximum atomic E-state index is 12.7. The van der Waals surface area contributed by atoms with Crippen LogP contribution in [0.3, 0.4) is 0 Å². The van der Waals surface area contributed by atoms with Gasteiger partial charge in [0.05, 0.1) is 6.54 Å². The molecule has 1 aromatic heterocycles. The molecule has 9 heteroatoms. The molecule has 22 heavy (non-hydrogen) atoms. The van der Waals surface area contributed by atoms with Crippen LogP contribution >= 0.6 is 11.3 Å². The van der Waals surface area contributed by atoms with E-state index in [1.807, 2.05) is 0 Å². The Morgan fingerprint density at radius 2 is 1.91 bits per heavy atom. The lowest BCUT2D eigenvalue weighted by Crippen LogP contribution is -2.39. The smallest absolute Gasteiger partial charge is 0.315 e. The molecule has 1 aromatic carbocycles. The zero-order valence-electron chi connectivity index (χ0n) is 11.7. The molecule has 0 bridgehead atoms. The highest BCUT2D eigenvalue weighted by Crippen LogP contribution is 2.12. The molecule has 3 amide bonds. The summed E-state index contributed by atoms with van der Waals surface area (Å²) in [4.78, 5) is 23.1. The van der Waals surface area contributed by atoms with Crippen molar-refractivity contribution < 1.29 is 14.0 Å². The standard InChI is InChI=1S/C13H14FN5O2S/c1-8-18-19-13(22-8)17-11(20)7-16-12(21)15-6-9-2-4-10(14)5-3-9/h2-5H,6-7H2,1H3,(H2,15,16,21)(H,17,19,20).